The van der Waals surface area contributed by atoms with Crippen molar-refractivity contribution in [3.63, 3.8) is 0 Å². The molecule has 212 valence electrons. The Labute approximate surface area is 233 Å². The number of aliphatic hydroxyl groups is 2. The summed E-state index contributed by atoms with van der Waals surface area (Å²) >= 11 is 0. The van der Waals surface area contributed by atoms with Gasteiger partial charge in [-0.2, -0.15) is 5.26 Å². The van der Waals surface area contributed by atoms with Crippen LogP contribution in [0.5, 0.6) is 17.2 Å². The van der Waals surface area contributed by atoms with Crippen molar-refractivity contribution in [2.75, 3.05) is 26.3 Å². The van der Waals surface area contributed by atoms with E-state index >= 15 is 0 Å². The molecule has 10 nitrogen and oxygen atoms in total. The first-order chi connectivity index (χ1) is 19.3. The first kappa shape index (κ1) is 30.4. The fourth-order valence-electron chi connectivity index (χ4n) is 3.97. The van der Waals surface area contributed by atoms with Gasteiger partial charge in [0.1, 0.15) is 12.4 Å². The molecule has 0 unspecified atom stereocenters. The highest BCUT2D eigenvalue weighted by Gasteiger charge is 2.21. The smallest absolute Gasteiger partial charge is 0.300 e. The Balaban J connectivity index is 0.00000103. The third-order valence-corrected chi connectivity index (χ3v) is 5.94. The minimum atomic E-state index is -0.833. The molecular formula is C30H34N2O8. The maximum Gasteiger partial charge on any atom is 0.300 e. The number of benzene rings is 3. The Morgan fingerprint density at radius 2 is 1.95 bits per heavy atom. The van der Waals surface area contributed by atoms with Gasteiger partial charge in [0.2, 0.25) is 0 Å². The van der Waals surface area contributed by atoms with Crippen molar-refractivity contribution in [1.29, 1.82) is 5.26 Å². The zero-order valence-corrected chi connectivity index (χ0v) is 22.2. The Hall–Kier alpha value is -4.14. The van der Waals surface area contributed by atoms with Gasteiger partial charge in [0.15, 0.2) is 17.6 Å². The van der Waals surface area contributed by atoms with Crippen molar-refractivity contribution < 1.29 is 39.4 Å². The lowest BCUT2D eigenvalue weighted by atomic mass is 10.1. The first-order valence-corrected chi connectivity index (χ1v) is 12.8. The monoisotopic (exact) mass is 550 g/mol. The average molecular weight is 551 g/mol. The summed E-state index contributed by atoms with van der Waals surface area (Å²) in [4.78, 5) is 9.00. The largest absolute Gasteiger partial charge is 0.508 e. The zero-order chi connectivity index (χ0) is 28.9. The number of hydrogen-bond acceptors (Lipinski definition) is 9. The minimum Gasteiger partial charge on any atom is -0.508 e. The Morgan fingerprint density at radius 1 is 1.15 bits per heavy atom. The lowest BCUT2D eigenvalue weighted by Gasteiger charge is -2.27. The number of aromatic hydroxyl groups is 1. The molecule has 0 amide bonds. The molecule has 0 radical (unpaired) electrons. The summed E-state index contributed by atoms with van der Waals surface area (Å²) in [5.41, 5.74) is 3.64. The normalized spacial score (nSPS) is 14.4. The average Bonchev–Trinajstić information content (AvgIpc) is 2.95. The van der Waals surface area contributed by atoms with Gasteiger partial charge in [-0.05, 0) is 66.1 Å². The van der Waals surface area contributed by atoms with E-state index in [9.17, 15) is 15.3 Å². The molecule has 40 heavy (non-hydrogen) atoms. The summed E-state index contributed by atoms with van der Waals surface area (Å²) in [7, 11) is 0. The summed E-state index contributed by atoms with van der Waals surface area (Å²) in [6.07, 6.45) is -0.245. The molecule has 3 aromatic carbocycles. The number of carbonyl (C=O) groups is 1. The fraction of sp³-hybridized carbons (Fsp3) is 0.333. The molecule has 1 aliphatic rings. The van der Waals surface area contributed by atoms with E-state index in [0.717, 1.165) is 24.5 Å². The number of carboxylic acid groups (broad SMARTS) is 1. The summed E-state index contributed by atoms with van der Waals surface area (Å²) < 4.78 is 17.7. The second kappa shape index (κ2) is 15.5. The summed E-state index contributed by atoms with van der Waals surface area (Å²) in [5, 5.41) is 49.0. The van der Waals surface area contributed by atoms with Crippen LogP contribution in [0.2, 0.25) is 0 Å². The maximum atomic E-state index is 10.4. The molecule has 0 aromatic heterocycles. The van der Waals surface area contributed by atoms with Crippen LogP contribution in [-0.2, 0) is 29.2 Å². The number of phenols is 1. The predicted molar refractivity (Wildman–Crippen MR) is 146 cm³/mol. The van der Waals surface area contributed by atoms with Crippen LogP contribution in [-0.4, -0.2) is 58.8 Å². The van der Waals surface area contributed by atoms with E-state index in [2.05, 4.69) is 11.4 Å². The second-order valence-electron chi connectivity index (χ2n) is 9.19. The Bertz CT molecular complexity index is 1300. The molecule has 0 fully saturated rings. The van der Waals surface area contributed by atoms with Crippen LogP contribution in [0.4, 0.5) is 0 Å². The van der Waals surface area contributed by atoms with Gasteiger partial charge in [-0.25, -0.2) is 0 Å². The standard InChI is InChI=1S/C28H30N2O6.C2H4O2/c29-13-20-2-1-3-21(10-20)16-34-17-24-18-35-27-7-4-19(11-28(27)36-24)8-9-30-14-26(33)22-5-6-25(32)23(12-22)15-31;1-2(3)4/h1-7,10-12,24,26,30-33H,8-9,14-18H2;1H3,(H,3,4)/t24-,26+;/m1./s1. The van der Waals surface area contributed by atoms with E-state index in [0.29, 0.717) is 61.1 Å². The van der Waals surface area contributed by atoms with Crippen LogP contribution in [0, 0.1) is 11.3 Å². The van der Waals surface area contributed by atoms with Crippen LogP contribution in [0.25, 0.3) is 0 Å². The van der Waals surface area contributed by atoms with Gasteiger partial charge in [-0.3, -0.25) is 4.79 Å². The molecule has 0 bridgehead atoms. The number of nitrogens with one attached hydrogen (secondary N) is 1. The number of aliphatic hydroxyl groups excluding tert-OH is 2. The van der Waals surface area contributed by atoms with Crippen molar-refractivity contribution >= 4 is 5.97 Å². The summed E-state index contributed by atoms with van der Waals surface area (Å²) in [6.45, 7) is 2.96. The van der Waals surface area contributed by atoms with E-state index in [-0.39, 0.29) is 18.5 Å². The molecule has 5 N–H and O–H groups in total. The van der Waals surface area contributed by atoms with Crippen LogP contribution < -0.4 is 14.8 Å². The van der Waals surface area contributed by atoms with E-state index < -0.39 is 12.1 Å². The zero-order valence-electron chi connectivity index (χ0n) is 22.2. The van der Waals surface area contributed by atoms with E-state index in [1.54, 1.807) is 18.2 Å². The van der Waals surface area contributed by atoms with Crippen LogP contribution in [0.3, 0.4) is 0 Å². The number of fused-ring (bicyclic) bond motifs is 1. The van der Waals surface area contributed by atoms with E-state index in [1.165, 1.54) is 6.07 Å². The molecule has 0 saturated heterocycles. The molecule has 0 spiro atoms. The number of ether oxygens (including phenoxy) is 3. The van der Waals surface area contributed by atoms with Gasteiger partial charge in [-0.1, -0.05) is 24.3 Å². The molecule has 3 aromatic rings. The lowest BCUT2D eigenvalue weighted by molar-refractivity contribution is -0.134. The van der Waals surface area contributed by atoms with Gasteiger partial charge < -0.3 is 40.0 Å². The van der Waals surface area contributed by atoms with Crippen LogP contribution >= 0.6 is 0 Å². The van der Waals surface area contributed by atoms with Crippen molar-refractivity contribution in [2.45, 2.75) is 38.8 Å². The third kappa shape index (κ3) is 9.55. The van der Waals surface area contributed by atoms with Gasteiger partial charge in [0.25, 0.3) is 5.97 Å². The molecule has 1 aliphatic heterocycles. The van der Waals surface area contributed by atoms with Gasteiger partial charge in [-0.15, -0.1) is 0 Å². The molecule has 1 heterocycles. The van der Waals surface area contributed by atoms with Crippen molar-refractivity contribution in [2.24, 2.45) is 0 Å². The highest BCUT2D eigenvalue weighted by molar-refractivity contribution is 5.63. The molecule has 0 aliphatic carbocycles. The molecule has 4 rings (SSSR count). The number of nitriles is 1. The first-order valence-electron chi connectivity index (χ1n) is 12.8. The van der Waals surface area contributed by atoms with Gasteiger partial charge >= 0.3 is 0 Å². The Morgan fingerprint density at radius 3 is 2.70 bits per heavy atom. The topological polar surface area (TPSA) is 161 Å². The van der Waals surface area contributed by atoms with E-state index in [4.69, 9.17) is 29.4 Å². The lowest BCUT2D eigenvalue weighted by Crippen LogP contribution is -2.33. The van der Waals surface area contributed by atoms with Crippen LogP contribution in [0.15, 0.2) is 60.7 Å². The Kier molecular flexibility index (Phi) is 11.7. The fourth-order valence-corrected chi connectivity index (χ4v) is 3.97. The molecule has 10 heteroatoms. The molecular weight excluding hydrogens is 516 g/mol. The van der Waals surface area contributed by atoms with Crippen molar-refractivity contribution in [3.8, 4) is 23.3 Å². The van der Waals surface area contributed by atoms with Crippen LogP contribution in [0.1, 0.15) is 40.8 Å². The summed E-state index contributed by atoms with van der Waals surface area (Å²) in [5.74, 6) is 0.561. The number of aliphatic carboxylic acids is 1. The number of rotatable bonds is 11. The number of carboxylic acids is 1. The van der Waals surface area contributed by atoms with Gasteiger partial charge in [0.05, 0.1) is 37.6 Å². The van der Waals surface area contributed by atoms with Crippen molar-refractivity contribution in [3.05, 3.63) is 88.5 Å². The summed E-state index contributed by atoms with van der Waals surface area (Å²) in [6, 6.07) is 20.0. The number of nitrogens with zero attached hydrogens (tertiary/aromatic N) is 1. The molecule has 2 atom stereocenters. The highest BCUT2D eigenvalue weighted by Crippen LogP contribution is 2.33. The molecule has 0 saturated carbocycles. The quantitative estimate of drug-likeness (QED) is 0.224. The highest BCUT2D eigenvalue weighted by atomic mass is 16.6. The predicted octanol–water partition coefficient (Wildman–Crippen LogP) is 3.07. The SMILES string of the molecule is CC(=O)O.N#Cc1cccc(COC[C@@H]2COc3ccc(CCNC[C@H](O)c4ccc(O)c(CO)c4)cc3O2)c1. The minimum absolute atomic E-state index is 0.0132. The maximum absolute atomic E-state index is 10.4. The number of hydrogen-bond donors (Lipinski definition) is 5. The van der Waals surface area contributed by atoms with Gasteiger partial charge in [0, 0.05) is 19.0 Å². The van der Waals surface area contributed by atoms with Crippen molar-refractivity contribution in [1.82, 2.24) is 5.32 Å². The second-order valence-corrected chi connectivity index (χ2v) is 9.19. The van der Waals surface area contributed by atoms with E-state index in [1.807, 2.05) is 36.4 Å². The third-order valence-electron chi connectivity index (χ3n) is 5.94.